The molecule has 0 unspecified atom stereocenters. The van der Waals surface area contributed by atoms with Crippen LogP contribution < -0.4 is 10.3 Å². The second kappa shape index (κ2) is 6.45. The van der Waals surface area contributed by atoms with Gasteiger partial charge in [-0.2, -0.15) is 5.10 Å². The van der Waals surface area contributed by atoms with E-state index in [-0.39, 0.29) is 24.2 Å². The molecule has 0 saturated heterocycles. The monoisotopic (exact) mass is 329 g/mol. The lowest BCUT2D eigenvalue weighted by molar-refractivity contribution is 0.0880. The van der Waals surface area contributed by atoms with E-state index >= 15 is 0 Å². The molecule has 7 heteroatoms. The Morgan fingerprint density at radius 3 is 2.88 bits per heavy atom. The topological polar surface area (TPSA) is 90.4 Å². The van der Waals surface area contributed by atoms with Gasteiger partial charge in [0.15, 0.2) is 5.52 Å². The molecule has 0 aliphatic rings. The van der Waals surface area contributed by atoms with Crippen molar-refractivity contribution >= 4 is 10.9 Å². The van der Waals surface area contributed by atoms with Gasteiger partial charge in [-0.25, -0.2) is 4.68 Å². The molecule has 0 aliphatic carbocycles. The number of fused-ring (bicyclic) bond motifs is 1. The summed E-state index contributed by atoms with van der Waals surface area (Å²) >= 11 is 0. The highest BCUT2D eigenvalue weighted by molar-refractivity contribution is 5.81. The van der Waals surface area contributed by atoms with E-state index in [1.807, 2.05) is 31.2 Å². The van der Waals surface area contributed by atoms with Crippen LogP contribution in [0.4, 0.5) is 0 Å². The number of hydrogen-bond acceptors (Lipinski definition) is 6. The Labute approximate surface area is 138 Å². The first-order valence-electron chi connectivity index (χ1n) is 7.67. The first-order valence-corrected chi connectivity index (χ1v) is 7.67. The van der Waals surface area contributed by atoms with E-state index in [1.54, 1.807) is 13.8 Å². The average Bonchev–Trinajstić information content (AvgIpc) is 2.93. The van der Waals surface area contributed by atoms with Crippen LogP contribution in [0.2, 0.25) is 0 Å². The number of aliphatic hydroxyl groups is 1. The molecule has 0 saturated carbocycles. The van der Waals surface area contributed by atoms with Crippen molar-refractivity contribution in [3.05, 3.63) is 51.6 Å². The van der Waals surface area contributed by atoms with Crippen LogP contribution in [0.1, 0.15) is 17.0 Å². The molecule has 1 aromatic carbocycles. The predicted molar refractivity (Wildman–Crippen MR) is 88.2 cm³/mol. The first-order chi connectivity index (χ1) is 11.5. The largest absolute Gasteiger partial charge is 0.491 e. The van der Waals surface area contributed by atoms with E-state index in [4.69, 9.17) is 9.26 Å². The Morgan fingerprint density at radius 2 is 2.12 bits per heavy atom. The van der Waals surface area contributed by atoms with Crippen LogP contribution in [-0.4, -0.2) is 32.8 Å². The van der Waals surface area contributed by atoms with Gasteiger partial charge in [-0.15, -0.1) is 0 Å². The Bertz CT molecular complexity index is 929. The van der Waals surface area contributed by atoms with Crippen molar-refractivity contribution in [2.24, 2.45) is 0 Å². The molecule has 3 aromatic rings. The zero-order valence-electron chi connectivity index (χ0n) is 13.8. The minimum atomic E-state index is -0.874. The predicted octanol–water partition coefficient (Wildman–Crippen LogP) is 1.75. The average molecular weight is 329 g/mol. The van der Waals surface area contributed by atoms with Gasteiger partial charge in [-0.05, 0) is 38.5 Å². The van der Waals surface area contributed by atoms with Gasteiger partial charge in [0.25, 0.3) is 5.56 Å². The molecule has 2 heterocycles. The van der Waals surface area contributed by atoms with Crippen molar-refractivity contribution < 1.29 is 14.4 Å². The second-order valence-corrected chi connectivity index (χ2v) is 5.82. The van der Waals surface area contributed by atoms with Gasteiger partial charge in [0, 0.05) is 0 Å². The van der Waals surface area contributed by atoms with Crippen LogP contribution in [0.15, 0.2) is 33.6 Å². The third-order valence-corrected chi connectivity index (χ3v) is 3.75. The van der Waals surface area contributed by atoms with E-state index in [0.717, 1.165) is 5.56 Å². The quantitative estimate of drug-likeness (QED) is 0.767. The summed E-state index contributed by atoms with van der Waals surface area (Å²) in [4.78, 5) is 12.4. The van der Waals surface area contributed by atoms with Crippen LogP contribution in [0.3, 0.4) is 0 Å². The summed E-state index contributed by atoms with van der Waals surface area (Å²) < 4.78 is 11.8. The zero-order valence-corrected chi connectivity index (χ0v) is 13.8. The van der Waals surface area contributed by atoms with Crippen molar-refractivity contribution in [1.82, 2.24) is 14.9 Å². The summed E-state index contributed by atoms with van der Waals surface area (Å²) in [6, 6.07) is 7.54. The summed E-state index contributed by atoms with van der Waals surface area (Å²) in [5.41, 5.74) is 1.55. The van der Waals surface area contributed by atoms with Gasteiger partial charge in [0.2, 0.25) is 0 Å². The van der Waals surface area contributed by atoms with E-state index in [9.17, 15) is 9.90 Å². The Balaban J connectivity index is 1.75. The summed E-state index contributed by atoms with van der Waals surface area (Å²) in [7, 11) is 0. The summed E-state index contributed by atoms with van der Waals surface area (Å²) in [6.45, 7) is 5.56. The maximum atomic E-state index is 12.4. The summed E-state index contributed by atoms with van der Waals surface area (Å²) in [5, 5.41) is 18.8. The Hall–Kier alpha value is -2.67. The van der Waals surface area contributed by atoms with Crippen LogP contribution in [0, 0.1) is 20.8 Å². The highest BCUT2D eigenvalue weighted by Crippen LogP contribution is 2.16. The van der Waals surface area contributed by atoms with Crippen LogP contribution in [0.5, 0.6) is 5.75 Å². The first kappa shape index (κ1) is 16.2. The lowest BCUT2D eigenvalue weighted by Gasteiger charge is -2.14. The third kappa shape index (κ3) is 3.16. The highest BCUT2D eigenvalue weighted by atomic mass is 16.5. The van der Waals surface area contributed by atoms with Crippen molar-refractivity contribution in [2.45, 2.75) is 33.4 Å². The Kier molecular flexibility index (Phi) is 4.35. The number of aromatic nitrogens is 3. The molecule has 1 atom stereocenters. The minimum Gasteiger partial charge on any atom is -0.491 e. The van der Waals surface area contributed by atoms with E-state index in [1.165, 1.54) is 4.68 Å². The molecule has 1 N–H and O–H groups in total. The Morgan fingerprint density at radius 1 is 1.33 bits per heavy atom. The molecule has 0 aliphatic heterocycles. The molecule has 0 fully saturated rings. The molecular weight excluding hydrogens is 310 g/mol. The van der Waals surface area contributed by atoms with Gasteiger partial charge in [0.1, 0.15) is 24.2 Å². The smallest absolute Gasteiger partial charge is 0.296 e. The van der Waals surface area contributed by atoms with Crippen LogP contribution >= 0.6 is 0 Å². The van der Waals surface area contributed by atoms with Crippen LogP contribution in [-0.2, 0) is 6.54 Å². The number of benzene rings is 1. The number of ether oxygens (including phenoxy) is 1. The normalized spacial score (nSPS) is 12.5. The molecule has 0 radical (unpaired) electrons. The van der Waals surface area contributed by atoms with Crippen molar-refractivity contribution in [3.8, 4) is 5.75 Å². The van der Waals surface area contributed by atoms with E-state index < -0.39 is 6.10 Å². The summed E-state index contributed by atoms with van der Waals surface area (Å²) in [6.07, 6.45) is -0.874. The molecule has 0 spiro atoms. The lowest BCUT2D eigenvalue weighted by Crippen LogP contribution is -2.32. The molecule has 7 nitrogen and oxygen atoms in total. The number of aliphatic hydroxyl groups excluding tert-OH is 1. The van der Waals surface area contributed by atoms with Gasteiger partial charge in [-0.3, -0.25) is 4.79 Å². The third-order valence-electron chi connectivity index (χ3n) is 3.75. The summed E-state index contributed by atoms with van der Waals surface area (Å²) in [5.74, 6) is 1.23. The van der Waals surface area contributed by atoms with Crippen molar-refractivity contribution in [1.29, 1.82) is 0 Å². The standard InChI is InChI=1S/C17H19N3O4/c1-10-5-4-6-14(7-10)23-9-13(21)8-20-17(22)16-15(11(2)18-20)12(3)24-19-16/h4-7,13,21H,8-9H2,1-3H3/t13-/m0/s1. The minimum absolute atomic E-state index is 0.0212. The van der Waals surface area contributed by atoms with Gasteiger partial charge < -0.3 is 14.4 Å². The maximum Gasteiger partial charge on any atom is 0.296 e. The van der Waals surface area contributed by atoms with Gasteiger partial charge >= 0.3 is 0 Å². The number of nitrogens with zero attached hydrogens (tertiary/aromatic N) is 3. The highest BCUT2D eigenvalue weighted by Gasteiger charge is 2.17. The fourth-order valence-corrected chi connectivity index (χ4v) is 2.62. The molecule has 0 amide bonds. The molecule has 24 heavy (non-hydrogen) atoms. The molecule has 126 valence electrons. The fourth-order valence-electron chi connectivity index (χ4n) is 2.62. The molecular formula is C17H19N3O4. The van der Waals surface area contributed by atoms with E-state index in [0.29, 0.717) is 22.6 Å². The zero-order chi connectivity index (χ0) is 17.3. The molecule has 3 rings (SSSR count). The van der Waals surface area contributed by atoms with Gasteiger partial charge in [-0.1, -0.05) is 17.3 Å². The number of rotatable bonds is 5. The fraction of sp³-hybridized carbons (Fsp3) is 0.353. The molecule has 0 bridgehead atoms. The van der Waals surface area contributed by atoms with Crippen molar-refractivity contribution in [3.63, 3.8) is 0 Å². The lowest BCUT2D eigenvalue weighted by atomic mass is 10.2. The second-order valence-electron chi connectivity index (χ2n) is 5.82. The van der Waals surface area contributed by atoms with E-state index in [2.05, 4.69) is 10.3 Å². The number of hydrogen-bond donors (Lipinski definition) is 1. The van der Waals surface area contributed by atoms with Crippen LogP contribution in [0.25, 0.3) is 10.9 Å². The van der Waals surface area contributed by atoms with Gasteiger partial charge in [0.05, 0.1) is 17.6 Å². The molecule has 2 aromatic heterocycles. The van der Waals surface area contributed by atoms with Crippen molar-refractivity contribution in [2.75, 3.05) is 6.61 Å². The SMILES string of the molecule is Cc1cccc(OC[C@@H](O)Cn2nc(C)c3c(C)onc3c2=O)c1. The maximum absolute atomic E-state index is 12.4. The number of aryl methyl sites for hydroxylation is 3.